The molecule has 0 spiro atoms. The number of aliphatic imine (C=N–C) groups is 1. The zero-order valence-corrected chi connectivity index (χ0v) is 35.7. The Bertz CT molecular complexity index is 754. The van der Waals surface area contributed by atoms with Crippen LogP contribution < -0.4 is 0 Å². The van der Waals surface area contributed by atoms with Crippen molar-refractivity contribution in [3.8, 4) is 0 Å². The minimum Gasteiger partial charge on any atom is -0.367 e. The molecule has 0 saturated carbocycles. The van der Waals surface area contributed by atoms with Gasteiger partial charge in [0, 0.05) is 35.0 Å². The van der Waals surface area contributed by atoms with E-state index < -0.39 is 0 Å². The molecule has 0 aliphatic carbocycles. The minimum absolute atomic E-state index is 0. The Kier molecular flexibility index (Phi) is 38.0. The molecule has 8 nitrogen and oxygen atoms in total. The van der Waals surface area contributed by atoms with Crippen molar-refractivity contribution in [3.63, 3.8) is 0 Å². The van der Waals surface area contributed by atoms with Crippen molar-refractivity contribution in [3.05, 3.63) is 27.7 Å². The minimum atomic E-state index is 0. The molecule has 2 fully saturated rings. The van der Waals surface area contributed by atoms with E-state index in [1.165, 1.54) is 76.6 Å². The molecule has 10 heteroatoms. The third-order valence-electron chi connectivity index (χ3n) is 7.45. The summed E-state index contributed by atoms with van der Waals surface area (Å²) in [6.07, 6.45) is 7.55. The molecule has 0 aromatic rings. The Morgan fingerprint density at radius 1 is 0.905 bits per heavy atom. The standard InChI is InChI=1S/C10H19N2.C9H17N2.C6H13N2.C5H12N2.2CH4.2U/c1-10(11-6-2-3-7-11)12-8-4-5-9-12;1-5-10(6-2)9-11(7-3)8-4;1-6-7(2)4-5-8(6)3;1-5(6-2)7(3)4;;;;/h2-9H2,1H3;9H,1-8H2;4-5H2,1-3H3;1-4H3;2*1H4;;/q+1;-3;+1;;;;2*+2. The van der Waals surface area contributed by atoms with Gasteiger partial charge < -0.3 is 42.1 Å². The number of nitrogens with zero attached hydrogens (tertiary/aromatic N) is 8. The van der Waals surface area contributed by atoms with Crippen molar-refractivity contribution in [2.24, 2.45) is 4.99 Å². The van der Waals surface area contributed by atoms with Crippen molar-refractivity contribution in [1.29, 1.82) is 0 Å². The van der Waals surface area contributed by atoms with Crippen LogP contribution in [0.25, 0.3) is 0 Å². The van der Waals surface area contributed by atoms with E-state index in [4.69, 9.17) is 0 Å². The molecule has 42 heavy (non-hydrogen) atoms. The number of likely N-dealkylation sites (tertiary alicyclic amines) is 1. The maximum atomic E-state index is 3.93. The molecule has 3 rings (SSSR count). The second-order valence-corrected chi connectivity index (χ2v) is 10.2. The Hall–Kier alpha value is -0.0161. The topological polar surface area (TPSA) is 34.4 Å². The van der Waals surface area contributed by atoms with Crippen molar-refractivity contribution >= 4 is 23.8 Å². The smallest absolute Gasteiger partial charge is 0.367 e. The van der Waals surface area contributed by atoms with Crippen molar-refractivity contribution < 1.29 is 76.0 Å². The van der Waals surface area contributed by atoms with Gasteiger partial charge in [-0.3, -0.25) is 23.9 Å². The predicted molar refractivity (Wildman–Crippen MR) is 180 cm³/mol. The molecule has 0 bridgehead atoms. The van der Waals surface area contributed by atoms with Crippen LogP contribution in [0.5, 0.6) is 0 Å². The van der Waals surface area contributed by atoms with Crippen LogP contribution in [-0.4, -0.2) is 158 Å². The molecular formula is C32H69N8U2+3. The normalized spacial score (nSPS) is 15.1. The summed E-state index contributed by atoms with van der Waals surface area (Å²) in [5, 5.41) is 0. The van der Waals surface area contributed by atoms with Crippen molar-refractivity contribution in [2.75, 3.05) is 101 Å². The fraction of sp³-hybridized carbons (Fsp3) is 0.750. The third kappa shape index (κ3) is 21.6. The maximum absolute atomic E-state index is 3.93. The van der Waals surface area contributed by atoms with Gasteiger partial charge in [0.05, 0.1) is 46.1 Å². The van der Waals surface area contributed by atoms with E-state index in [0.29, 0.717) is 0 Å². The summed E-state index contributed by atoms with van der Waals surface area (Å²) >= 11 is 0. The molecular weight excluding hydrogens is 972 g/mol. The summed E-state index contributed by atoms with van der Waals surface area (Å²) in [5.41, 5.74) is 0. The summed E-state index contributed by atoms with van der Waals surface area (Å²) in [4.78, 5) is 12.7. The molecule has 3 aliphatic heterocycles. The van der Waals surface area contributed by atoms with Crippen LogP contribution in [0.2, 0.25) is 0 Å². The molecule has 242 valence electrons. The van der Waals surface area contributed by atoms with E-state index in [0.717, 1.165) is 32.0 Å². The zero-order valence-electron chi connectivity index (χ0n) is 27.4. The Morgan fingerprint density at radius 2 is 1.38 bits per heavy atom. The Labute approximate surface area is 311 Å². The fourth-order valence-electron chi connectivity index (χ4n) is 4.08. The van der Waals surface area contributed by atoms with Gasteiger partial charge in [0.15, 0.2) is 0 Å². The quantitative estimate of drug-likeness (QED) is 0.182. The fourth-order valence-corrected chi connectivity index (χ4v) is 4.08. The van der Waals surface area contributed by atoms with Crippen LogP contribution in [0.1, 0.15) is 61.3 Å². The number of amidine groups is 3. The van der Waals surface area contributed by atoms with Crippen LogP contribution in [0.3, 0.4) is 0 Å². The molecule has 0 aromatic carbocycles. The summed E-state index contributed by atoms with van der Waals surface area (Å²) in [6.45, 7) is 32.0. The molecule has 3 heterocycles. The van der Waals surface area contributed by atoms with Crippen molar-refractivity contribution in [1.82, 2.24) is 19.6 Å². The van der Waals surface area contributed by atoms with Gasteiger partial charge in [0.1, 0.15) is 13.1 Å². The van der Waals surface area contributed by atoms with Gasteiger partial charge in [-0.2, -0.15) is 0 Å². The second-order valence-electron chi connectivity index (χ2n) is 10.2. The largest absolute Gasteiger partial charge is 2.00 e. The first-order valence-corrected chi connectivity index (χ1v) is 14.3. The molecule has 3 aliphatic rings. The van der Waals surface area contributed by atoms with Crippen LogP contribution in [0, 0.1) is 89.9 Å². The zero-order chi connectivity index (χ0) is 29.1. The summed E-state index contributed by atoms with van der Waals surface area (Å²) in [6, 6.07) is 0. The summed E-state index contributed by atoms with van der Waals surface area (Å²) in [5.74, 6) is 3.97. The van der Waals surface area contributed by atoms with E-state index in [-0.39, 0.29) is 77.1 Å². The second kappa shape index (κ2) is 31.0. The Balaban J connectivity index is -0.000000143. The van der Waals surface area contributed by atoms with Gasteiger partial charge in [-0.05, 0) is 58.8 Å². The SMILES string of the molecule is C.C.CC(N1CCCC1)=[N+]1CCCC1.CC1=[N+](C)CCN1C.CN=C(C)N(C)C.[CH2-]CN(C=[N+](C[CH2-])C[CH2-])C[CH2-].[U+2].[U+2]. The predicted octanol–water partition coefficient (Wildman–Crippen LogP) is 3.83. The first kappa shape index (κ1) is 51.6. The van der Waals surface area contributed by atoms with E-state index in [9.17, 15) is 0 Å². The van der Waals surface area contributed by atoms with Crippen LogP contribution in [-0.2, 0) is 0 Å². The van der Waals surface area contributed by atoms with E-state index in [2.05, 4.69) is 79.6 Å². The van der Waals surface area contributed by atoms with E-state index in [1.54, 1.807) is 7.05 Å². The number of hydrogen-bond acceptors (Lipinski definition) is 2. The molecule has 0 amide bonds. The third-order valence-corrected chi connectivity index (χ3v) is 7.45. The molecule has 0 unspecified atom stereocenters. The van der Waals surface area contributed by atoms with Gasteiger partial charge in [-0.1, -0.05) is 14.9 Å². The monoisotopic (exact) mass is 1040 g/mol. The number of rotatable bonds is 5. The van der Waals surface area contributed by atoms with Gasteiger partial charge in [-0.15, -0.1) is 0 Å². The van der Waals surface area contributed by atoms with E-state index >= 15 is 0 Å². The molecule has 0 atom stereocenters. The van der Waals surface area contributed by atoms with Crippen LogP contribution in [0.4, 0.5) is 0 Å². The summed E-state index contributed by atoms with van der Waals surface area (Å²) < 4.78 is 6.82. The molecule has 0 radical (unpaired) electrons. The molecule has 2 saturated heterocycles. The average Bonchev–Trinajstić information content (AvgIpc) is 3.71. The first-order chi connectivity index (χ1) is 18.1. The molecule has 0 aromatic heterocycles. The van der Waals surface area contributed by atoms with Crippen molar-refractivity contribution in [2.45, 2.75) is 61.3 Å². The molecule has 0 N–H and O–H groups in total. The maximum Gasteiger partial charge on any atom is 2.00 e. The number of hydrogen-bond donors (Lipinski definition) is 0. The van der Waals surface area contributed by atoms with Gasteiger partial charge in [-0.25, -0.2) is 0 Å². The average molecular weight is 1040 g/mol. The Morgan fingerprint density at radius 3 is 1.64 bits per heavy atom. The van der Waals surface area contributed by atoms with Gasteiger partial charge in [0.25, 0.3) is 0 Å². The van der Waals surface area contributed by atoms with Gasteiger partial charge in [0.2, 0.25) is 18.0 Å². The van der Waals surface area contributed by atoms with Gasteiger partial charge >= 0.3 is 62.2 Å². The van der Waals surface area contributed by atoms with Crippen LogP contribution in [0.15, 0.2) is 4.99 Å². The summed E-state index contributed by atoms with van der Waals surface area (Å²) in [7, 11) is 9.98. The van der Waals surface area contributed by atoms with Crippen LogP contribution >= 0.6 is 0 Å². The first-order valence-electron chi connectivity index (χ1n) is 14.3. The van der Waals surface area contributed by atoms with E-state index in [1.807, 2.05) is 41.7 Å². The number of likely N-dealkylation sites (N-methyl/N-ethyl adjacent to an activating group) is 2.